The summed E-state index contributed by atoms with van der Waals surface area (Å²) in [6.07, 6.45) is 9.52. The van der Waals surface area contributed by atoms with Crippen molar-refractivity contribution in [3.05, 3.63) is 95.7 Å². The number of ether oxygens (including phenoxy) is 5. The number of benzene rings is 4. The first-order valence-electron chi connectivity index (χ1n) is 26.0. The van der Waals surface area contributed by atoms with Gasteiger partial charge in [-0.3, -0.25) is 27.6 Å². The molecule has 452 valence electrons. The first-order chi connectivity index (χ1) is 38.4. The first kappa shape index (κ1) is 66.1. The van der Waals surface area contributed by atoms with Gasteiger partial charge in [0.25, 0.3) is 50.6 Å². The van der Waals surface area contributed by atoms with E-state index in [0.717, 1.165) is 12.1 Å². The van der Waals surface area contributed by atoms with E-state index in [0.29, 0.717) is 105 Å². The number of likely N-dealkylation sites (N-methyl/N-ethyl adjacent to an activating group) is 1. The van der Waals surface area contributed by atoms with Gasteiger partial charge < -0.3 is 33.7 Å². The molecular weight excluding hydrogens is 1180 g/mol. The van der Waals surface area contributed by atoms with Gasteiger partial charge in [0.15, 0.2) is 5.71 Å². The van der Waals surface area contributed by atoms with E-state index in [1.807, 2.05) is 23.3 Å². The molecule has 6 N–H and O–H groups in total. The van der Waals surface area contributed by atoms with Gasteiger partial charge >= 0.3 is 5.97 Å². The largest absolute Gasteiger partial charge is 0.481 e. The summed E-state index contributed by atoms with van der Waals surface area (Å²) in [5, 5.41) is 9.26. The van der Waals surface area contributed by atoms with Crippen LogP contribution >= 0.6 is 0 Å². The Bertz CT molecular complexity index is 3750. The van der Waals surface area contributed by atoms with Gasteiger partial charge in [-0.1, -0.05) is 24.3 Å². The normalized spacial score (nSPS) is 18.5. The average molecular weight is 1250 g/mol. The number of carbonyl (C=O) groups is 1. The lowest BCUT2D eigenvalue weighted by molar-refractivity contribution is -0.438. The van der Waals surface area contributed by atoms with Gasteiger partial charge in [0.05, 0.1) is 73.8 Å². The monoisotopic (exact) mass is 1250 g/mol. The number of aliphatic carboxylic acids is 1. The van der Waals surface area contributed by atoms with Crippen LogP contribution < -0.4 is 4.90 Å². The molecule has 2 aliphatic heterocycles. The van der Waals surface area contributed by atoms with Crippen molar-refractivity contribution in [3.63, 3.8) is 0 Å². The third kappa shape index (κ3) is 16.0. The lowest BCUT2D eigenvalue weighted by Crippen LogP contribution is -2.32. The molecule has 2 aliphatic rings. The number of unbranched alkanes of at least 4 members (excludes halogenated alkanes) is 2. The predicted molar refractivity (Wildman–Crippen MR) is 303 cm³/mol. The average Bonchev–Trinajstić information content (AvgIpc) is 2.33. The summed E-state index contributed by atoms with van der Waals surface area (Å²) in [5.74, 6) is -1.70. The molecule has 0 radical (unpaired) electrons. The molecule has 2 atom stereocenters. The summed E-state index contributed by atoms with van der Waals surface area (Å²) >= 11 is 0. The van der Waals surface area contributed by atoms with E-state index < -0.39 is 92.7 Å². The van der Waals surface area contributed by atoms with E-state index in [9.17, 15) is 74.8 Å². The molecule has 0 bridgehead atoms. The molecule has 0 amide bonds. The van der Waals surface area contributed by atoms with Crippen LogP contribution in [0.4, 0.5) is 11.4 Å². The van der Waals surface area contributed by atoms with Crippen LogP contribution in [-0.4, -0.2) is 172 Å². The summed E-state index contributed by atoms with van der Waals surface area (Å²) in [4.78, 5) is 10.1. The van der Waals surface area contributed by atoms with Crippen LogP contribution in [0, 0.1) is 0 Å². The summed E-state index contributed by atoms with van der Waals surface area (Å²) < 4.78 is 207. The van der Waals surface area contributed by atoms with Gasteiger partial charge in [0, 0.05) is 78.4 Å². The van der Waals surface area contributed by atoms with Crippen LogP contribution in [0.15, 0.2) is 104 Å². The SMILES string of the molecule is CCN1C(=CC=CC=CC2=[N+](CCCCCC(=O)O)c3ccc4c(S(=O)(=O)O)cc(S(=O)(=O)O)cc4c3C2(C)CCCS(=O)(=O)O)C(C)(CCOCCOCCOCCOCCOC)c2c1ccc1c(S(=O)(=O)O)cc(S(=O)(=O)O)cc21. The van der Waals surface area contributed by atoms with Crippen LogP contribution in [0.2, 0.25) is 0 Å². The van der Waals surface area contributed by atoms with Crippen molar-refractivity contribution in [2.24, 2.45) is 0 Å². The van der Waals surface area contributed by atoms with Crippen molar-refractivity contribution in [2.75, 3.05) is 90.3 Å². The summed E-state index contributed by atoms with van der Waals surface area (Å²) in [6, 6.07) is 9.47. The molecule has 0 fully saturated rings. The van der Waals surface area contributed by atoms with Crippen LogP contribution in [0.25, 0.3) is 21.5 Å². The van der Waals surface area contributed by atoms with Crippen molar-refractivity contribution >= 4 is 95.2 Å². The summed E-state index contributed by atoms with van der Waals surface area (Å²) in [6.45, 7) is 8.68. The van der Waals surface area contributed by atoms with Gasteiger partial charge in [0.2, 0.25) is 5.69 Å². The summed E-state index contributed by atoms with van der Waals surface area (Å²) in [7, 11) is -23.3. The second kappa shape index (κ2) is 27.3. The zero-order valence-corrected chi connectivity index (χ0v) is 49.7. The van der Waals surface area contributed by atoms with E-state index in [-0.39, 0.29) is 80.2 Å². The number of nitrogens with zero attached hydrogens (tertiary/aromatic N) is 2. The number of carboxylic acid groups (broad SMARTS) is 1. The Hall–Kier alpha value is -5.09. The van der Waals surface area contributed by atoms with Crippen LogP contribution in [-0.2, 0) is 89.9 Å². The minimum atomic E-state index is -5.14. The quantitative estimate of drug-likeness (QED) is 0.0127. The lowest BCUT2D eigenvalue weighted by Gasteiger charge is -2.30. The smallest absolute Gasteiger partial charge is 0.303 e. The van der Waals surface area contributed by atoms with E-state index in [1.165, 1.54) is 12.1 Å². The molecule has 24 nitrogen and oxygen atoms in total. The number of hydrogen-bond acceptors (Lipinski definition) is 17. The number of hydrogen-bond donors (Lipinski definition) is 6. The van der Waals surface area contributed by atoms with Gasteiger partial charge in [0.1, 0.15) is 16.3 Å². The highest BCUT2D eigenvalue weighted by atomic mass is 32.2. The third-order valence-corrected chi connectivity index (χ3v) is 18.6. The number of rotatable bonds is 33. The second-order valence-corrected chi connectivity index (χ2v) is 27.1. The molecule has 0 saturated carbocycles. The van der Waals surface area contributed by atoms with E-state index in [2.05, 4.69) is 0 Å². The van der Waals surface area contributed by atoms with E-state index in [4.69, 9.17) is 23.7 Å². The Morgan fingerprint density at radius 2 is 1.11 bits per heavy atom. The number of methoxy groups -OCH3 is 1. The molecular formula is C53H69N2O22S5+. The van der Waals surface area contributed by atoms with Gasteiger partial charge in [-0.25, -0.2) is 0 Å². The number of allylic oxidation sites excluding steroid dienone is 6. The summed E-state index contributed by atoms with van der Waals surface area (Å²) in [5.41, 5.74) is 0.390. The van der Waals surface area contributed by atoms with Crippen molar-refractivity contribution in [1.29, 1.82) is 0 Å². The molecule has 29 heteroatoms. The van der Waals surface area contributed by atoms with Crippen molar-refractivity contribution in [3.8, 4) is 0 Å². The van der Waals surface area contributed by atoms with Gasteiger partial charge in [-0.05, 0) is 112 Å². The highest BCUT2D eigenvalue weighted by Crippen LogP contribution is 2.54. The zero-order chi connectivity index (χ0) is 60.5. The predicted octanol–water partition coefficient (Wildman–Crippen LogP) is 6.55. The molecule has 0 spiro atoms. The maximum absolute atomic E-state index is 12.8. The Labute approximate surface area is 477 Å². The molecule has 0 aromatic heterocycles. The van der Waals surface area contributed by atoms with Gasteiger partial charge in [-0.15, -0.1) is 0 Å². The van der Waals surface area contributed by atoms with Crippen LogP contribution in [0.5, 0.6) is 0 Å². The maximum atomic E-state index is 12.8. The fraction of sp³-hybridized carbons (Fsp3) is 0.472. The van der Waals surface area contributed by atoms with Crippen molar-refractivity contribution in [2.45, 2.75) is 96.1 Å². The first-order valence-corrected chi connectivity index (χ1v) is 33.3. The fourth-order valence-electron chi connectivity index (χ4n) is 10.7. The zero-order valence-electron chi connectivity index (χ0n) is 45.6. The molecule has 4 aromatic rings. The highest BCUT2D eigenvalue weighted by molar-refractivity contribution is 7.87. The fourth-order valence-corrected chi connectivity index (χ4v) is 13.9. The molecule has 82 heavy (non-hydrogen) atoms. The van der Waals surface area contributed by atoms with Crippen molar-refractivity contribution < 1.29 is 103 Å². The Balaban J connectivity index is 1.44. The topological polar surface area (TPSA) is 362 Å². The number of anilines is 1. The molecule has 0 aliphatic carbocycles. The van der Waals surface area contributed by atoms with E-state index >= 15 is 0 Å². The molecule has 4 aromatic carbocycles. The van der Waals surface area contributed by atoms with Crippen LogP contribution in [0.3, 0.4) is 0 Å². The minimum Gasteiger partial charge on any atom is -0.481 e. The van der Waals surface area contributed by atoms with Crippen LogP contribution in [0.1, 0.15) is 76.8 Å². The van der Waals surface area contributed by atoms with Gasteiger partial charge in [-0.2, -0.15) is 46.7 Å². The second-order valence-electron chi connectivity index (χ2n) is 19.9. The maximum Gasteiger partial charge on any atom is 0.303 e. The van der Waals surface area contributed by atoms with Crippen molar-refractivity contribution in [1.82, 2.24) is 0 Å². The molecule has 0 saturated heterocycles. The molecule has 2 unspecified atom stereocenters. The molecule has 6 rings (SSSR count). The number of fused-ring (bicyclic) bond motifs is 6. The standard InChI is InChI=1S/C53H68N2O22S5/c1-5-54-43-18-16-39-41(33-37(79(61,62)63)35-45(39)81(67,68)69)50(43)53(3,21-23-74-26-27-76-30-31-77-29-28-75-25-24-73-4)47(54)13-8-6-9-14-48-52(2,20-12-32-78(58,59)60)51-42-34-38(80(64,65)66)36-46(82(70,71)72)40(42)17-19-44(51)55(48)22-11-7-10-15-49(56)57/h6,8-9,13-14,16-19,33-36H,5,7,10-12,15,20-32H2,1-4H3,(H5-,56,57,58,59,60,61,62,63,64,65,66,67,68,69,70,71,72)/p+1. The molecule has 2 heterocycles. The van der Waals surface area contributed by atoms with E-state index in [1.54, 1.807) is 56.5 Å². The minimum absolute atomic E-state index is 0.0218. The third-order valence-electron chi connectivity index (χ3n) is 14.3. The lowest BCUT2D eigenvalue weighted by atomic mass is 9.74. The number of carboxylic acids is 1. The highest BCUT2D eigenvalue weighted by Gasteiger charge is 2.49. The Kier molecular flexibility index (Phi) is 22.0. The Morgan fingerprint density at radius 3 is 1.61 bits per heavy atom. The Morgan fingerprint density at radius 1 is 0.585 bits per heavy atom.